The van der Waals surface area contributed by atoms with E-state index >= 15 is 0 Å². The summed E-state index contributed by atoms with van der Waals surface area (Å²) in [7, 11) is -3.52. The van der Waals surface area contributed by atoms with Gasteiger partial charge >= 0.3 is 0 Å². The molecule has 0 fully saturated rings. The van der Waals surface area contributed by atoms with E-state index in [4.69, 9.17) is 6.42 Å². The first-order valence-corrected chi connectivity index (χ1v) is 8.87. The lowest BCUT2D eigenvalue weighted by molar-refractivity contribution is -0.121. The van der Waals surface area contributed by atoms with Crippen molar-refractivity contribution >= 4 is 27.3 Å². The molecule has 0 atom stereocenters. The Bertz CT molecular complexity index is 717. The van der Waals surface area contributed by atoms with Gasteiger partial charge in [0.1, 0.15) is 5.75 Å². The van der Waals surface area contributed by atoms with Gasteiger partial charge in [-0.15, -0.1) is 6.42 Å². The molecule has 0 saturated heterocycles. The van der Waals surface area contributed by atoms with Gasteiger partial charge in [0.2, 0.25) is 15.9 Å². The van der Waals surface area contributed by atoms with E-state index in [0.29, 0.717) is 12.2 Å². The molecule has 118 valence electrons. The van der Waals surface area contributed by atoms with Crippen molar-refractivity contribution in [3.63, 3.8) is 0 Å². The smallest absolute Gasteiger partial charge is 0.244 e. The molecule has 6 heteroatoms. The number of carbonyl (C=O) groups excluding carboxylic acids is 1. The second-order valence-electron chi connectivity index (χ2n) is 5.66. The number of benzene rings is 1. The van der Waals surface area contributed by atoms with E-state index in [1.807, 2.05) is 13.8 Å². The lowest BCUT2D eigenvalue weighted by Gasteiger charge is -2.31. The number of nitrogens with one attached hydrogen (secondary N) is 1. The average Bonchev–Trinajstić information content (AvgIpc) is 2.44. The number of nitrogens with zero attached hydrogens (tertiary/aromatic N) is 1. The first-order chi connectivity index (χ1) is 10.3. The van der Waals surface area contributed by atoms with Gasteiger partial charge in [-0.25, -0.2) is 8.42 Å². The summed E-state index contributed by atoms with van der Waals surface area (Å²) in [5.41, 5.74) is 2.32. The quantitative estimate of drug-likeness (QED) is 0.863. The molecule has 1 aliphatic heterocycles. The summed E-state index contributed by atoms with van der Waals surface area (Å²) in [6.45, 7) is 4.45. The summed E-state index contributed by atoms with van der Waals surface area (Å²) in [5.74, 6) is 1.78. The van der Waals surface area contributed by atoms with Gasteiger partial charge < -0.3 is 4.90 Å². The molecule has 0 spiro atoms. The molecule has 0 bridgehead atoms. The van der Waals surface area contributed by atoms with Gasteiger partial charge in [-0.3, -0.25) is 9.52 Å². The van der Waals surface area contributed by atoms with E-state index in [1.165, 1.54) is 0 Å². The molecule has 1 heterocycles. The Kier molecular flexibility index (Phi) is 4.77. The highest BCUT2D eigenvalue weighted by molar-refractivity contribution is 7.92. The summed E-state index contributed by atoms with van der Waals surface area (Å²) in [4.78, 5) is 14.0. The summed E-state index contributed by atoms with van der Waals surface area (Å²) in [6.07, 6.45) is 6.73. The third-order valence-corrected chi connectivity index (χ3v) is 4.60. The number of anilines is 2. The highest BCUT2D eigenvalue weighted by Gasteiger charge is 2.24. The predicted octanol–water partition coefficient (Wildman–Crippen LogP) is 2.00. The number of amides is 1. The van der Waals surface area contributed by atoms with Crippen LogP contribution in [0.2, 0.25) is 0 Å². The van der Waals surface area contributed by atoms with Crippen molar-refractivity contribution in [1.82, 2.24) is 0 Å². The van der Waals surface area contributed by atoms with Crippen LogP contribution in [0.4, 0.5) is 11.4 Å². The van der Waals surface area contributed by atoms with Gasteiger partial charge in [0.25, 0.3) is 0 Å². The Hall–Kier alpha value is -2.00. The van der Waals surface area contributed by atoms with Crippen molar-refractivity contribution in [2.45, 2.75) is 26.7 Å². The second kappa shape index (κ2) is 6.41. The van der Waals surface area contributed by atoms with Crippen LogP contribution >= 0.6 is 0 Å². The third-order valence-electron chi connectivity index (χ3n) is 3.50. The molecule has 0 unspecified atom stereocenters. The van der Waals surface area contributed by atoms with Crippen LogP contribution in [0.1, 0.15) is 25.8 Å². The fourth-order valence-corrected chi connectivity index (χ4v) is 3.30. The van der Waals surface area contributed by atoms with Crippen molar-refractivity contribution in [3.8, 4) is 12.3 Å². The number of fused-ring (bicyclic) bond motifs is 1. The molecular formula is C16H20N2O3S. The maximum atomic E-state index is 12.3. The Morgan fingerprint density at radius 1 is 1.45 bits per heavy atom. The van der Waals surface area contributed by atoms with Gasteiger partial charge in [0, 0.05) is 23.8 Å². The van der Waals surface area contributed by atoms with E-state index in [2.05, 4.69) is 10.6 Å². The first kappa shape index (κ1) is 16.4. The van der Waals surface area contributed by atoms with E-state index in [1.54, 1.807) is 23.1 Å². The minimum atomic E-state index is -3.52. The Morgan fingerprint density at radius 3 is 2.82 bits per heavy atom. The minimum absolute atomic E-state index is 0.0697. The molecule has 0 radical (unpaired) electrons. The number of hydrogen-bond donors (Lipinski definition) is 1. The zero-order chi connectivity index (χ0) is 16.3. The van der Waals surface area contributed by atoms with Crippen LogP contribution in [0, 0.1) is 18.3 Å². The van der Waals surface area contributed by atoms with Crippen LogP contribution in [0.15, 0.2) is 18.2 Å². The number of rotatable bonds is 4. The monoisotopic (exact) mass is 320 g/mol. The zero-order valence-electron chi connectivity index (χ0n) is 12.8. The van der Waals surface area contributed by atoms with Crippen molar-refractivity contribution in [1.29, 1.82) is 0 Å². The van der Waals surface area contributed by atoms with E-state index in [-0.39, 0.29) is 17.6 Å². The van der Waals surface area contributed by atoms with E-state index in [0.717, 1.165) is 24.1 Å². The molecule has 1 N–H and O–H groups in total. The molecule has 22 heavy (non-hydrogen) atoms. The Morgan fingerprint density at radius 2 is 2.18 bits per heavy atom. The van der Waals surface area contributed by atoms with Crippen LogP contribution in [0.5, 0.6) is 0 Å². The summed E-state index contributed by atoms with van der Waals surface area (Å²) in [6, 6.07) is 5.24. The van der Waals surface area contributed by atoms with Gasteiger partial charge in [-0.1, -0.05) is 19.8 Å². The molecule has 0 saturated carbocycles. The number of carbonyl (C=O) groups is 1. The van der Waals surface area contributed by atoms with Crippen LogP contribution in [-0.4, -0.2) is 26.6 Å². The normalized spacial score (nSPS) is 14.4. The SMILES string of the molecule is C#CCS(=O)(=O)Nc1ccc2c(c1)CCCN2C(=O)C(C)C. The van der Waals surface area contributed by atoms with Crippen molar-refractivity contribution < 1.29 is 13.2 Å². The molecule has 1 aliphatic rings. The fraction of sp³-hybridized carbons (Fsp3) is 0.438. The maximum absolute atomic E-state index is 12.3. The lowest BCUT2D eigenvalue weighted by atomic mass is 9.99. The van der Waals surface area contributed by atoms with E-state index in [9.17, 15) is 13.2 Å². The number of sulfonamides is 1. The van der Waals surface area contributed by atoms with Crippen LogP contribution in [0.25, 0.3) is 0 Å². The number of aryl methyl sites for hydroxylation is 1. The van der Waals surface area contributed by atoms with Gasteiger partial charge in [0.05, 0.1) is 0 Å². The molecule has 1 amide bonds. The summed E-state index contributed by atoms with van der Waals surface area (Å²) in [5, 5.41) is 0. The number of terminal acetylenes is 1. The summed E-state index contributed by atoms with van der Waals surface area (Å²) >= 11 is 0. The molecule has 0 aromatic heterocycles. The molecule has 1 aromatic carbocycles. The van der Waals surface area contributed by atoms with Crippen molar-refractivity contribution in [3.05, 3.63) is 23.8 Å². The standard InChI is InChI=1S/C16H20N2O3S/c1-4-10-22(20,21)17-14-7-8-15-13(11-14)6-5-9-18(15)16(19)12(2)3/h1,7-8,11-12,17H,5-6,9-10H2,2-3H3. The van der Waals surface area contributed by atoms with Crippen molar-refractivity contribution in [2.75, 3.05) is 21.9 Å². The first-order valence-electron chi connectivity index (χ1n) is 7.22. The highest BCUT2D eigenvalue weighted by atomic mass is 32.2. The van der Waals surface area contributed by atoms with Crippen LogP contribution in [-0.2, 0) is 21.2 Å². The highest BCUT2D eigenvalue weighted by Crippen LogP contribution is 2.31. The van der Waals surface area contributed by atoms with Crippen molar-refractivity contribution in [2.24, 2.45) is 5.92 Å². The average molecular weight is 320 g/mol. The Labute approximate surface area is 131 Å². The fourth-order valence-electron chi connectivity index (χ4n) is 2.53. The molecule has 2 rings (SSSR count). The van der Waals surface area contributed by atoms with Crippen LogP contribution in [0.3, 0.4) is 0 Å². The Balaban J connectivity index is 2.29. The predicted molar refractivity (Wildman–Crippen MR) is 88.2 cm³/mol. The molecule has 0 aliphatic carbocycles. The minimum Gasteiger partial charge on any atom is -0.312 e. The maximum Gasteiger partial charge on any atom is 0.244 e. The largest absolute Gasteiger partial charge is 0.312 e. The third kappa shape index (κ3) is 3.60. The summed E-state index contributed by atoms with van der Waals surface area (Å²) < 4.78 is 25.9. The van der Waals surface area contributed by atoms with Crippen LogP contribution < -0.4 is 9.62 Å². The topological polar surface area (TPSA) is 66.5 Å². The second-order valence-corrected chi connectivity index (χ2v) is 7.38. The lowest BCUT2D eigenvalue weighted by Crippen LogP contribution is -2.38. The zero-order valence-corrected chi connectivity index (χ0v) is 13.6. The molecular weight excluding hydrogens is 300 g/mol. The number of hydrogen-bond acceptors (Lipinski definition) is 3. The van der Waals surface area contributed by atoms with Gasteiger partial charge in [-0.05, 0) is 36.6 Å². The van der Waals surface area contributed by atoms with E-state index < -0.39 is 10.0 Å². The molecule has 5 nitrogen and oxygen atoms in total. The van der Waals surface area contributed by atoms with Gasteiger partial charge in [-0.2, -0.15) is 0 Å². The van der Waals surface area contributed by atoms with Gasteiger partial charge in [0.15, 0.2) is 0 Å². The molecule has 1 aromatic rings.